The molecule has 2 rings (SSSR count). The number of anilines is 1. The number of hydrogen-bond donors (Lipinski definition) is 2. The van der Waals surface area contributed by atoms with Crippen LogP contribution >= 0.6 is 0 Å². The number of nitrogens with zero attached hydrogens (tertiary/aromatic N) is 1. The topological polar surface area (TPSA) is 58.4 Å². The molecule has 0 radical (unpaired) electrons. The standard InChI is InChI=1S/C15H23N3O/c16-11-13-6-5-7-14(10-13)17-15(19)12-18-8-3-1-2-4-9-18/h5-7,10H,1-4,8-9,11-12,16H2,(H,17,19). The molecule has 0 saturated carbocycles. The summed E-state index contributed by atoms with van der Waals surface area (Å²) in [5.41, 5.74) is 7.47. The molecule has 1 aliphatic heterocycles. The van der Waals surface area contributed by atoms with Gasteiger partial charge in [0.2, 0.25) is 5.91 Å². The number of nitrogens with one attached hydrogen (secondary N) is 1. The summed E-state index contributed by atoms with van der Waals surface area (Å²) in [6.07, 6.45) is 4.99. The van der Waals surface area contributed by atoms with Crippen molar-refractivity contribution in [2.24, 2.45) is 5.73 Å². The first kappa shape index (κ1) is 14.0. The van der Waals surface area contributed by atoms with Crippen LogP contribution in [-0.2, 0) is 11.3 Å². The van der Waals surface area contributed by atoms with Gasteiger partial charge in [0.25, 0.3) is 0 Å². The summed E-state index contributed by atoms with van der Waals surface area (Å²) in [5.74, 6) is 0.0658. The zero-order valence-electron chi connectivity index (χ0n) is 11.4. The van der Waals surface area contributed by atoms with Crippen LogP contribution in [0.4, 0.5) is 5.69 Å². The zero-order valence-corrected chi connectivity index (χ0v) is 11.4. The molecule has 0 bridgehead atoms. The van der Waals surface area contributed by atoms with Crippen molar-refractivity contribution in [3.05, 3.63) is 29.8 Å². The van der Waals surface area contributed by atoms with Gasteiger partial charge in [-0.3, -0.25) is 9.69 Å². The third-order valence-corrected chi connectivity index (χ3v) is 3.51. The van der Waals surface area contributed by atoms with Crippen LogP contribution in [0.25, 0.3) is 0 Å². The molecule has 1 aliphatic rings. The van der Waals surface area contributed by atoms with Crippen molar-refractivity contribution in [1.29, 1.82) is 0 Å². The van der Waals surface area contributed by atoms with Crippen LogP contribution in [0.3, 0.4) is 0 Å². The van der Waals surface area contributed by atoms with Gasteiger partial charge in [0.15, 0.2) is 0 Å². The number of nitrogens with two attached hydrogens (primary N) is 1. The fraction of sp³-hybridized carbons (Fsp3) is 0.533. The van der Waals surface area contributed by atoms with E-state index in [0.29, 0.717) is 13.1 Å². The number of amides is 1. The minimum atomic E-state index is 0.0658. The number of rotatable bonds is 4. The third kappa shape index (κ3) is 4.65. The lowest BCUT2D eigenvalue weighted by molar-refractivity contribution is -0.117. The highest BCUT2D eigenvalue weighted by Crippen LogP contribution is 2.12. The molecule has 4 heteroatoms. The van der Waals surface area contributed by atoms with E-state index in [4.69, 9.17) is 5.73 Å². The van der Waals surface area contributed by atoms with Crippen LogP contribution in [0, 0.1) is 0 Å². The summed E-state index contributed by atoms with van der Waals surface area (Å²) in [4.78, 5) is 14.3. The summed E-state index contributed by atoms with van der Waals surface area (Å²) < 4.78 is 0. The zero-order chi connectivity index (χ0) is 13.5. The summed E-state index contributed by atoms with van der Waals surface area (Å²) >= 11 is 0. The van der Waals surface area contributed by atoms with E-state index in [1.807, 2.05) is 24.3 Å². The molecular formula is C15H23N3O. The fourth-order valence-electron chi connectivity index (χ4n) is 2.47. The van der Waals surface area contributed by atoms with Crippen LogP contribution in [0.2, 0.25) is 0 Å². The Balaban J connectivity index is 1.85. The lowest BCUT2D eigenvalue weighted by Crippen LogP contribution is -2.33. The quantitative estimate of drug-likeness (QED) is 0.871. The lowest BCUT2D eigenvalue weighted by atomic mass is 10.2. The van der Waals surface area contributed by atoms with Gasteiger partial charge in [0, 0.05) is 12.2 Å². The molecule has 0 aliphatic carbocycles. The van der Waals surface area contributed by atoms with Gasteiger partial charge >= 0.3 is 0 Å². The van der Waals surface area contributed by atoms with E-state index in [1.165, 1.54) is 25.7 Å². The second-order valence-corrected chi connectivity index (χ2v) is 5.14. The minimum absolute atomic E-state index is 0.0658. The predicted molar refractivity (Wildman–Crippen MR) is 77.9 cm³/mol. The molecule has 0 spiro atoms. The molecule has 1 fully saturated rings. The number of benzene rings is 1. The molecule has 0 atom stereocenters. The van der Waals surface area contributed by atoms with Crippen molar-refractivity contribution < 1.29 is 4.79 Å². The average molecular weight is 261 g/mol. The van der Waals surface area contributed by atoms with Crippen LogP contribution in [-0.4, -0.2) is 30.4 Å². The maximum Gasteiger partial charge on any atom is 0.238 e. The van der Waals surface area contributed by atoms with Gasteiger partial charge in [0.1, 0.15) is 0 Å². The molecular weight excluding hydrogens is 238 g/mol. The molecule has 1 heterocycles. The van der Waals surface area contributed by atoms with E-state index in [0.717, 1.165) is 24.3 Å². The van der Waals surface area contributed by atoms with Crippen molar-refractivity contribution in [3.63, 3.8) is 0 Å². The Labute approximate surface area is 115 Å². The van der Waals surface area contributed by atoms with Crippen LogP contribution in [0.15, 0.2) is 24.3 Å². The fourth-order valence-corrected chi connectivity index (χ4v) is 2.47. The van der Waals surface area contributed by atoms with E-state index in [-0.39, 0.29) is 5.91 Å². The Morgan fingerprint density at radius 3 is 2.63 bits per heavy atom. The molecule has 0 unspecified atom stereocenters. The molecule has 1 amide bonds. The molecule has 19 heavy (non-hydrogen) atoms. The third-order valence-electron chi connectivity index (χ3n) is 3.51. The monoisotopic (exact) mass is 261 g/mol. The van der Waals surface area contributed by atoms with Crippen molar-refractivity contribution in [1.82, 2.24) is 4.90 Å². The van der Waals surface area contributed by atoms with Crippen molar-refractivity contribution in [2.75, 3.05) is 25.0 Å². The number of carbonyl (C=O) groups is 1. The highest BCUT2D eigenvalue weighted by molar-refractivity contribution is 5.92. The highest BCUT2D eigenvalue weighted by Gasteiger charge is 2.12. The Bertz CT molecular complexity index is 412. The predicted octanol–water partition coefficient (Wildman–Crippen LogP) is 1.96. The number of likely N-dealkylation sites (tertiary alicyclic amines) is 1. The van der Waals surface area contributed by atoms with Crippen molar-refractivity contribution >= 4 is 11.6 Å². The molecule has 4 nitrogen and oxygen atoms in total. The lowest BCUT2D eigenvalue weighted by Gasteiger charge is -2.19. The molecule has 104 valence electrons. The van der Waals surface area contributed by atoms with Crippen LogP contribution < -0.4 is 11.1 Å². The number of hydrogen-bond acceptors (Lipinski definition) is 3. The first-order valence-electron chi connectivity index (χ1n) is 7.09. The summed E-state index contributed by atoms with van der Waals surface area (Å²) in [6, 6.07) is 7.72. The molecule has 1 aromatic carbocycles. The van der Waals surface area contributed by atoms with Gasteiger partial charge < -0.3 is 11.1 Å². The van der Waals surface area contributed by atoms with Gasteiger partial charge in [-0.15, -0.1) is 0 Å². The molecule has 0 aromatic heterocycles. The summed E-state index contributed by atoms with van der Waals surface area (Å²) in [6.45, 7) is 3.06. The van der Waals surface area contributed by atoms with E-state index in [1.54, 1.807) is 0 Å². The Morgan fingerprint density at radius 1 is 1.21 bits per heavy atom. The Kier molecular flexibility index (Phi) is 5.36. The normalized spacial score (nSPS) is 16.9. The van der Waals surface area contributed by atoms with Gasteiger partial charge in [-0.2, -0.15) is 0 Å². The van der Waals surface area contributed by atoms with E-state index in [2.05, 4.69) is 10.2 Å². The Morgan fingerprint density at radius 2 is 1.95 bits per heavy atom. The average Bonchev–Trinajstić information content (AvgIpc) is 2.67. The highest BCUT2D eigenvalue weighted by atomic mass is 16.2. The van der Waals surface area contributed by atoms with E-state index < -0.39 is 0 Å². The van der Waals surface area contributed by atoms with Crippen molar-refractivity contribution in [3.8, 4) is 0 Å². The summed E-state index contributed by atoms with van der Waals surface area (Å²) in [5, 5.41) is 2.95. The first-order valence-corrected chi connectivity index (χ1v) is 7.09. The summed E-state index contributed by atoms with van der Waals surface area (Å²) in [7, 11) is 0. The molecule has 1 aromatic rings. The smallest absolute Gasteiger partial charge is 0.238 e. The second kappa shape index (κ2) is 7.26. The maximum atomic E-state index is 12.0. The van der Waals surface area contributed by atoms with Crippen molar-refractivity contribution in [2.45, 2.75) is 32.2 Å². The molecule has 1 saturated heterocycles. The minimum Gasteiger partial charge on any atom is -0.326 e. The first-order chi connectivity index (χ1) is 9.28. The number of carbonyl (C=O) groups excluding carboxylic acids is 1. The van der Waals surface area contributed by atoms with Crippen LogP contribution in [0.5, 0.6) is 0 Å². The largest absolute Gasteiger partial charge is 0.326 e. The van der Waals surface area contributed by atoms with Crippen LogP contribution in [0.1, 0.15) is 31.2 Å². The van der Waals surface area contributed by atoms with E-state index >= 15 is 0 Å². The van der Waals surface area contributed by atoms with Gasteiger partial charge in [0.05, 0.1) is 6.54 Å². The van der Waals surface area contributed by atoms with Gasteiger partial charge in [-0.1, -0.05) is 25.0 Å². The van der Waals surface area contributed by atoms with Gasteiger partial charge in [-0.05, 0) is 43.6 Å². The maximum absolute atomic E-state index is 12.0. The SMILES string of the molecule is NCc1cccc(NC(=O)CN2CCCCCC2)c1. The van der Waals surface area contributed by atoms with Gasteiger partial charge in [-0.25, -0.2) is 0 Å². The second-order valence-electron chi connectivity index (χ2n) is 5.14. The Hall–Kier alpha value is -1.39. The molecule has 3 N–H and O–H groups in total. The van der Waals surface area contributed by atoms with E-state index in [9.17, 15) is 4.79 Å².